The number of nitrogens with zero attached hydrogens (tertiary/aromatic N) is 1. The molecule has 1 amide bonds. The van der Waals surface area contributed by atoms with Crippen molar-refractivity contribution in [1.82, 2.24) is 5.16 Å². The Hall–Kier alpha value is -2.14. The SMILES string of the molecule is Cc1cc(C(=O)Nc2cccc(C(C)O)c2)no1. The number of carbonyl (C=O) groups is 1. The highest BCUT2D eigenvalue weighted by molar-refractivity contribution is 6.02. The van der Waals surface area contributed by atoms with Gasteiger partial charge in [0.1, 0.15) is 5.76 Å². The molecule has 1 heterocycles. The third kappa shape index (κ3) is 2.75. The fourth-order valence-corrected chi connectivity index (χ4v) is 1.54. The molecule has 1 aromatic heterocycles. The second kappa shape index (κ2) is 5.01. The molecule has 0 saturated heterocycles. The smallest absolute Gasteiger partial charge is 0.277 e. The van der Waals surface area contributed by atoms with E-state index < -0.39 is 6.10 Å². The highest BCUT2D eigenvalue weighted by Gasteiger charge is 2.11. The molecule has 2 rings (SSSR count). The molecular weight excluding hydrogens is 232 g/mol. The van der Waals surface area contributed by atoms with Gasteiger partial charge in [0.2, 0.25) is 0 Å². The molecule has 0 bridgehead atoms. The lowest BCUT2D eigenvalue weighted by atomic mass is 10.1. The van der Waals surface area contributed by atoms with Gasteiger partial charge in [-0.15, -0.1) is 0 Å². The number of benzene rings is 1. The Balaban J connectivity index is 2.14. The van der Waals surface area contributed by atoms with Crippen molar-refractivity contribution >= 4 is 11.6 Å². The number of aryl methyl sites for hydroxylation is 1. The molecule has 1 atom stereocenters. The van der Waals surface area contributed by atoms with E-state index >= 15 is 0 Å². The minimum absolute atomic E-state index is 0.231. The number of aromatic nitrogens is 1. The summed E-state index contributed by atoms with van der Waals surface area (Å²) in [6.07, 6.45) is -0.573. The van der Waals surface area contributed by atoms with Gasteiger partial charge < -0.3 is 14.9 Å². The molecule has 0 fully saturated rings. The number of aliphatic hydroxyl groups excluding tert-OH is 1. The van der Waals surface area contributed by atoms with Crippen LogP contribution in [0.5, 0.6) is 0 Å². The maximum absolute atomic E-state index is 11.8. The maximum Gasteiger partial charge on any atom is 0.277 e. The van der Waals surface area contributed by atoms with E-state index in [0.29, 0.717) is 11.4 Å². The van der Waals surface area contributed by atoms with Gasteiger partial charge in [-0.1, -0.05) is 17.3 Å². The van der Waals surface area contributed by atoms with Crippen LogP contribution in [0.15, 0.2) is 34.9 Å². The molecule has 0 aliphatic carbocycles. The number of hydrogen-bond donors (Lipinski definition) is 2. The van der Waals surface area contributed by atoms with Gasteiger partial charge in [-0.3, -0.25) is 4.79 Å². The lowest BCUT2D eigenvalue weighted by molar-refractivity contribution is 0.101. The molecule has 18 heavy (non-hydrogen) atoms. The fourth-order valence-electron chi connectivity index (χ4n) is 1.54. The molecule has 0 saturated carbocycles. The van der Waals surface area contributed by atoms with Crippen molar-refractivity contribution in [3.05, 3.63) is 47.3 Å². The summed E-state index contributed by atoms with van der Waals surface area (Å²) in [5.41, 5.74) is 1.58. The van der Waals surface area contributed by atoms with Gasteiger partial charge in [-0.25, -0.2) is 0 Å². The van der Waals surface area contributed by atoms with Crippen LogP contribution in [-0.2, 0) is 0 Å². The number of aliphatic hydroxyl groups is 1. The van der Waals surface area contributed by atoms with Gasteiger partial charge in [-0.2, -0.15) is 0 Å². The number of amides is 1. The van der Waals surface area contributed by atoms with Crippen molar-refractivity contribution in [2.24, 2.45) is 0 Å². The monoisotopic (exact) mass is 246 g/mol. The van der Waals surface area contributed by atoms with Crippen LogP contribution >= 0.6 is 0 Å². The topological polar surface area (TPSA) is 75.4 Å². The summed E-state index contributed by atoms with van der Waals surface area (Å²) in [5, 5.41) is 15.8. The third-order valence-electron chi connectivity index (χ3n) is 2.49. The summed E-state index contributed by atoms with van der Waals surface area (Å²) in [6.45, 7) is 3.39. The second-order valence-corrected chi connectivity index (χ2v) is 4.08. The minimum Gasteiger partial charge on any atom is -0.389 e. The molecule has 0 radical (unpaired) electrons. The highest BCUT2D eigenvalue weighted by atomic mass is 16.5. The standard InChI is InChI=1S/C13H14N2O3/c1-8-6-12(15-18-8)13(17)14-11-5-3-4-10(7-11)9(2)16/h3-7,9,16H,1-2H3,(H,14,17). The van der Waals surface area contributed by atoms with Crippen LogP contribution in [0.1, 0.15) is 34.8 Å². The summed E-state index contributed by atoms with van der Waals surface area (Å²) in [7, 11) is 0. The van der Waals surface area contributed by atoms with Gasteiger partial charge in [0.15, 0.2) is 5.69 Å². The van der Waals surface area contributed by atoms with E-state index in [9.17, 15) is 9.90 Å². The number of carbonyl (C=O) groups excluding carboxylic acids is 1. The molecular formula is C13H14N2O3. The number of hydrogen-bond acceptors (Lipinski definition) is 4. The summed E-state index contributed by atoms with van der Waals surface area (Å²) >= 11 is 0. The first kappa shape index (κ1) is 12.3. The summed E-state index contributed by atoms with van der Waals surface area (Å²) in [4.78, 5) is 11.8. The highest BCUT2D eigenvalue weighted by Crippen LogP contribution is 2.17. The molecule has 0 aliphatic rings. The quantitative estimate of drug-likeness (QED) is 0.871. The molecule has 0 spiro atoms. The Morgan fingerprint density at radius 1 is 1.44 bits per heavy atom. The average molecular weight is 246 g/mol. The zero-order valence-electron chi connectivity index (χ0n) is 10.2. The molecule has 2 aromatic rings. The largest absolute Gasteiger partial charge is 0.389 e. The first-order valence-corrected chi connectivity index (χ1v) is 5.59. The van der Waals surface area contributed by atoms with Crippen LogP contribution in [-0.4, -0.2) is 16.2 Å². The molecule has 5 heteroatoms. The minimum atomic E-state index is -0.573. The fraction of sp³-hybridized carbons (Fsp3) is 0.231. The van der Waals surface area contributed by atoms with Crippen LogP contribution in [0.25, 0.3) is 0 Å². The van der Waals surface area contributed by atoms with Crippen molar-refractivity contribution in [2.75, 3.05) is 5.32 Å². The van der Waals surface area contributed by atoms with Crippen LogP contribution in [0.3, 0.4) is 0 Å². The predicted octanol–water partition coefficient (Wildman–Crippen LogP) is 2.29. The van der Waals surface area contributed by atoms with E-state index in [1.807, 2.05) is 0 Å². The Kier molecular flexibility index (Phi) is 3.43. The van der Waals surface area contributed by atoms with Gasteiger partial charge >= 0.3 is 0 Å². The third-order valence-corrected chi connectivity index (χ3v) is 2.49. The van der Waals surface area contributed by atoms with E-state index in [-0.39, 0.29) is 11.6 Å². The summed E-state index contributed by atoms with van der Waals surface area (Å²) < 4.78 is 4.83. The first-order chi connectivity index (χ1) is 8.56. The number of nitrogens with one attached hydrogen (secondary N) is 1. The molecule has 1 aromatic carbocycles. The summed E-state index contributed by atoms with van der Waals surface area (Å²) in [6, 6.07) is 8.59. The molecule has 5 nitrogen and oxygen atoms in total. The second-order valence-electron chi connectivity index (χ2n) is 4.08. The Morgan fingerprint density at radius 2 is 2.22 bits per heavy atom. The Labute approximate surface area is 104 Å². The maximum atomic E-state index is 11.8. The van der Waals surface area contributed by atoms with Crippen LogP contribution in [0.2, 0.25) is 0 Å². The van der Waals surface area contributed by atoms with E-state index in [1.165, 1.54) is 0 Å². The van der Waals surface area contributed by atoms with E-state index in [1.54, 1.807) is 44.2 Å². The number of anilines is 1. The number of rotatable bonds is 3. The van der Waals surface area contributed by atoms with Gasteiger partial charge in [0.25, 0.3) is 5.91 Å². The van der Waals surface area contributed by atoms with E-state index in [2.05, 4.69) is 10.5 Å². The summed E-state index contributed by atoms with van der Waals surface area (Å²) in [5.74, 6) is 0.243. The van der Waals surface area contributed by atoms with Crippen molar-refractivity contribution < 1.29 is 14.4 Å². The van der Waals surface area contributed by atoms with Crippen molar-refractivity contribution in [1.29, 1.82) is 0 Å². The lowest BCUT2D eigenvalue weighted by Gasteiger charge is -2.07. The first-order valence-electron chi connectivity index (χ1n) is 5.59. The van der Waals surface area contributed by atoms with Gasteiger partial charge in [0.05, 0.1) is 6.10 Å². The Morgan fingerprint density at radius 3 is 2.83 bits per heavy atom. The van der Waals surface area contributed by atoms with Crippen LogP contribution in [0, 0.1) is 6.92 Å². The normalized spacial score (nSPS) is 12.2. The zero-order chi connectivity index (χ0) is 13.1. The van der Waals surface area contributed by atoms with E-state index in [4.69, 9.17) is 4.52 Å². The molecule has 2 N–H and O–H groups in total. The van der Waals surface area contributed by atoms with Crippen LogP contribution < -0.4 is 5.32 Å². The van der Waals surface area contributed by atoms with Crippen LogP contribution in [0.4, 0.5) is 5.69 Å². The molecule has 1 unspecified atom stereocenters. The Bertz CT molecular complexity index is 561. The zero-order valence-corrected chi connectivity index (χ0v) is 10.2. The molecule has 94 valence electrons. The average Bonchev–Trinajstić information content (AvgIpc) is 2.76. The predicted molar refractivity (Wildman–Crippen MR) is 66.3 cm³/mol. The van der Waals surface area contributed by atoms with Crippen molar-refractivity contribution in [2.45, 2.75) is 20.0 Å². The van der Waals surface area contributed by atoms with E-state index in [0.717, 1.165) is 5.56 Å². The van der Waals surface area contributed by atoms with Crippen molar-refractivity contribution in [3.8, 4) is 0 Å². The molecule has 0 aliphatic heterocycles. The lowest BCUT2D eigenvalue weighted by Crippen LogP contribution is -2.12. The van der Waals surface area contributed by atoms with Gasteiger partial charge in [0, 0.05) is 11.8 Å². The van der Waals surface area contributed by atoms with Crippen molar-refractivity contribution in [3.63, 3.8) is 0 Å². The van der Waals surface area contributed by atoms with Gasteiger partial charge in [-0.05, 0) is 31.5 Å².